The Bertz CT molecular complexity index is 196. The maximum atomic E-state index is 9.00. The van der Waals surface area contributed by atoms with Crippen molar-refractivity contribution in [3.05, 3.63) is 0 Å². The van der Waals surface area contributed by atoms with Crippen molar-refractivity contribution in [3.8, 4) is 0 Å². The smallest absolute Gasteiger partial charge is 0.300 e. The van der Waals surface area contributed by atoms with Gasteiger partial charge in [-0.15, -0.1) is 0 Å². The number of rotatable bonds is 3. The Hall–Kier alpha value is -1.79. The third-order valence-corrected chi connectivity index (χ3v) is 0.521. The lowest BCUT2D eigenvalue weighted by molar-refractivity contribution is -0.135. The second-order valence-electron chi connectivity index (χ2n) is 3.02. The van der Waals surface area contributed by atoms with Crippen molar-refractivity contribution < 1.29 is 55.2 Å². The second kappa shape index (κ2) is 31.5. The van der Waals surface area contributed by atoms with Crippen LogP contribution in [0.15, 0.2) is 0 Å². The highest BCUT2D eigenvalue weighted by Gasteiger charge is 1.93. The molecule has 0 unspecified atom stereocenters. The Morgan fingerprint density at radius 1 is 0.682 bits per heavy atom. The van der Waals surface area contributed by atoms with Gasteiger partial charge in [-0.3, -0.25) is 14.4 Å². The molecule has 0 rings (SSSR count). The van der Waals surface area contributed by atoms with Gasteiger partial charge >= 0.3 is 0 Å². The molecule has 0 atom stereocenters. The fourth-order valence-corrected chi connectivity index (χ4v) is 0.0577. The molecule has 0 spiro atoms. The molecule has 0 aliphatic heterocycles. The Morgan fingerprint density at radius 3 is 0.818 bits per heavy atom. The van der Waals surface area contributed by atoms with Gasteiger partial charge in [-0.2, -0.15) is 0 Å². The first kappa shape index (κ1) is 32.2. The van der Waals surface area contributed by atoms with Gasteiger partial charge in [-0.25, -0.2) is 0 Å². The van der Waals surface area contributed by atoms with E-state index in [0.29, 0.717) is 0 Å². The molecule has 0 saturated heterocycles. The summed E-state index contributed by atoms with van der Waals surface area (Å²) in [4.78, 5) is 27.0. The summed E-state index contributed by atoms with van der Waals surface area (Å²) in [5.74, 6) is -2.50. The number of hydrogen-bond acceptors (Lipinski definition) is 8. The lowest BCUT2D eigenvalue weighted by Gasteiger charge is -1.96. The Balaban J connectivity index is -0.0000000555. The zero-order valence-corrected chi connectivity index (χ0v) is 12.7. The highest BCUT2D eigenvalue weighted by Crippen LogP contribution is 1.71. The lowest BCUT2D eigenvalue weighted by Crippen LogP contribution is -2.15. The summed E-state index contributed by atoms with van der Waals surface area (Å²) >= 11 is 0. The summed E-state index contributed by atoms with van der Waals surface area (Å²) in [5.41, 5.74) is 0. The van der Waals surface area contributed by atoms with Gasteiger partial charge in [0.15, 0.2) is 0 Å². The van der Waals surface area contributed by atoms with Gasteiger partial charge in [0.2, 0.25) is 0 Å². The molecular formula is C11H26O11. The second-order valence-corrected chi connectivity index (χ2v) is 3.02. The molecule has 0 bridgehead atoms. The van der Waals surface area contributed by atoms with E-state index in [1.807, 2.05) is 0 Å². The standard InChI is InChI=1S/C3H8O3.3C2H4O2.C2H6O2/c4-1-3(6)2-5;3*1-2(3)4;3-1-2-4/h3-6H,1-2H2;3*1H3,(H,3,4);3-4H,1-2H2. The molecule has 0 heterocycles. The normalized spacial score (nSPS) is 7.50. The average Bonchev–Trinajstić information content (AvgIpc) is 2.36. The number of carbonyl (C=O) groups is 3. The first-order chi connectivity index (χ1) is 9.92. The van der Waals surface area contributed by atoms with Crippen molar-refractivity contribution in [2.24, 2.45) is 0 Å². The molecule has 11 heteroatoms. The first-order valence-corrected chi connectivity index (χ1v) is 5.62. The van der Waals surface area contributed by atoms with Crippen LogP contribution in [0.25, 0.3) is 0 Å². The third-order valence-electron chi connectivity index (χ3n) is 0.521. The van der Waals surface area contributed by atoms with Crippen LogP contribution in [-0.4, -0.2) is 91.3 Å². The summed E-state index contributed by atoms with van der Waals surface area (Å²) in [6.45, 7) is 2.27. The molecule has 0 fully saturated rings. The minimum absolute atomic E-state index is 0.125. The molecule has 22 heavy (non-hydrogen) atoms. The summed E-state index contributed by atoms with van der Waals surface area (Å²) in [6.07, 6.45) is -0.954. The van der Waals surface area contributed by atoms with Crippen LogP contribution >= 0.6 is 0 Å². The van der Waals surface area contributed by atoms with Crippen LogP contribution in [0.3, 0.4) is 0 Å². The van der Waals surface area contributed by atoms with Crippen molar-refractivity contribution >= 4 is 17.9 Å². The summed E-state index contributed by atoms with van der Waals surface area (Å²) in [6, 6.07) is 0. The minimum atomic E-state index is -0.954. The predicted molar refractivity (Wildman–Crippen MR) is 74.3 cm³/mol. The summed E-state index contributed by atoms with van der Waals surface area (Å²) < 4.78 is 0. The number of carboxylic acid groups (broad SMARTS) is 3. The molecule has 0 aromatic carbocycles. The predicted octanol–water partition coefficient (Wildman–Crippen LogP) is -2.42. The van der Waals surface area contributed by atoms with E-state index in [2.05, 4.69) is 0 Å². The van der Waals surface area contributed by atoms with E-state index in [1.54, 1.807) is 0 Å². The molecule has 0 aliphatic rings. The molecular weight excluding hydrogens is 308 g/mol. The van der Waals surface area contributed by atoms with Gasteiger partial charge in [0, 0.05) is 20.8 Å². The number of aliphatic hydroxyl groups excluding tert-OH is 5. The average molecular weight is 334 g/mol. The molecule has 0 aliphatic carbocycles. The first-order valence-electron chi connectivity index (χ1n) is 5.62. The Morgan fingerprint density at radius 2 is 0.818 bits per heavy atom. The van der Waals surface area contributed by atoms with Crippen LogP contribution in [0.4, 0.5) is 0 Å². The number of carboxylic acids is 3. The van der Waals surface area contributed by atoms with Crippen molar-refractivity contribution in [2.45, 2.75) is 26.9 Å². The SMILES string of the molecule is CC(=O)O.CC(=O)O.CC(=O)O.OCC(O)CO.OCCO. The minimum Gasteiger partial charge on any atom is -0.481 e. The fraction of sp³-hybridized carbons (Fsp3) is 0.727. The van der Waals surface area contributed by atoms with Gasteiger partial charge in [0.1, 0.15) is 6.10 Å². The molecule has 0 aromatic heterocycles. The van der Waals surface area contributed by atoms with Crippen LogP contribution in [0, 0.1) is 0 Å². The van der Waals surface area contributed by atoms with Gasteiger partial charge in [0.05, 0.1) is 26.4 Å². The van der Waals surface area contributed by atoms with E-state index in [4.69, 9.17) is 55.2 Å². The zero-order chi connectivity index (χ0) is 19.1. The number of hydrogen-bond donors (Lipinski definition) is 8. The maximum Gasteiger partial charge on any atom is 0.300 e. The van der Waals surface area contributed by atoms with Crippen molar-refractivity contribution in [2.75, 3.05) is 26.4 Å². The van der Waals surface area contributed by atoms with E-state index < -0.39 is 24.0 Å². The molecule has 136 valence electrons. The monoisotopic (exact) mass is 334 g/mol. The van der Waals surface area contributed by atoms with Gasteiger partial charge in [0.25, 0.3) is 17.9 Å². The van der Waals surface area contributed by atoms with Crippen LogP contribution in [-0.2, 0) is 14.4 Å². The molecule has 0 saturated carbocycles. The van der Waals surface area contributed by atoms with Gasteiger partial charge in [-0.05, 0) is 0 Å². The van der Waals surface area contributed by atoms with E-state index >= 15 is 0 Å². The highest BCUT2D eigenvalue weighted by atomic mass is 16.4. The van der Waals surface area contributed by atoms with Crippen LogP contribution in [0.1, 0.15) is 20.8 Å². The Labute approximate surface area is 127 Å². The number of aliphatic hydroxyl groups is 5. The van der Waals surface area contributed by atoms with Crippen molar-refractivity contribution in [3.63, 3.8) is 0 Å². The molecule has 0 amide bonds. The van der Waals surface area contributed by atoms with E-state index in [-0.39, 0.29) is 26.4 Å². The lowest BCUT2D eigenvalue weighted by atomic mass is 10.4. The number of aliphatic carboxylic acids is 3. The van der Waals surface area contributed by atoms with Crippen molar-refractivity contribution in [1.29, 1.82) is 0 Å². The van der Waals surface area contributed by atoms with Crippen LogP contribution in [0.5, 0.6) is 0 Å². The molecule has 0 aromatic rings. The van der Waals surface area contributed by atoms with Crippen molar-refractivity contribution in [1.82, 2.24) is 0 Å². The quantitative estimate of drug-likeness (QED) is 0.272. The van der Waals surface area contributed by atoms with Gasteiger partial charge < -0.3 is 40.9 Å². The highest BCUT2D eigenvalue weighted by molar-refractivity contribution is 5.63. The van der Waals surface area contributed by atoms with E-state index in [0.717, 1.165) is 20.8 Å². The molecule has 8 N–H and O–H groups in total. The third kappa shape index (κ3) is 523. The largest absolute Gasteiger partial charge is 0.481 e. The van der Waals surface area contributed by atoms with Crippen LogP contribution in [0.2, 0.25) is 0 Å². The molecule has 11 nitrogen and oxygen atoms in total. The van der Waals surface area contributed by atoms with Gasteiger partial charge in [-0.1, -0.05) is 0 Å². The maximum absolute atomic E-state index is 9.00. The zero-order valence-electron chi connectivity index (χ0n) is 12.7. The van der Waals surface area contributed by atoms with E-state index in [9.17, 15) is 0 Å². The topological polar surface area (TPSA) is 213 Å². The summed E-state index contributed by atoms with van der Waals surface area (Å²) in [7, 11) is 0. The van der Waals surface area contributed by atoms with Crippen LogP contribution < -0.4 is 0 Å². The summed E-state index contributed by atoms with van der Waals surface area (Å²) in [5, 5.41) is 61.5. The molecule has 0 radical (unpaired) electrons. The fourth-order valence-electron chi connectivity index (χ4n) is 0.0577. The Kier molecular flexibility index (Phi) is 46.2. The van der Waals surface area contributed by atoms with E-state index in [1.165, 1.54) is 0 Å².